The molecule has 0 fully saturated rings. The average molecular weight is 386 g/mol. The number of aliphatic carboxylic acids is 1. The highest BCUT2D eigenvalue weighted by molar-refractivity contribution is 6.39. The number of rotatable bonds is 4. The summed E-state index contributed by atoms with van der Waals surface area (Å²) in [5.41, 5.74) is 7.17. The first-order chi connectivity index (χ1) is 11.9. The SMILES string of the molecule is N[C@@H](Cc1ccc(-c2c(Cl)cc(F)cc2Cl)c2c1OCCO2)C(=O)O. The molecule has 3 rings (SSSR count). The molecule has 2 aromatic carbocycles. The molecule has 1 atom stereocenters. The van der Waals surface area contributed by atoms with Gasteiger partial charge in [0.1, 0.15) is 25.1 Å². The molecule has 0 amide bonds. The third-order valence-electron chi connectivity index (χ3n) is 3.80. The monoisotopic (exact) mass is 385 g/mol. The van der Waals surface area contributed by atoms with Crippen LogP contribution in [0.5, 0.6) is 11.5 Å². The zero-order valence-corrected chi connectivity index (χ0v) is 14.4. The van der Waals surface area contributed by atoms with Crippen LogP contribution in [0, 0.1) is 5.82 Å². The summed E-state index contributed by atoms with van der Waals surface area (Å²) in [4.78, 5) is 11.0. The lowest BCUT2D eigenvalue weighted by atomic mass is 9.97. The zero-order valence-electron chi connectivity index (χ0n) is 12.9. The van der Waals surface area contributed by atoms with E-state index in [2.05, 4.69) is 0 Å². The molecular formula is C17H14Cl2FNO4. The van der Waals surface area contributed by atoms with E-state index in [1.165, 1.54) is 0 Å². The molecule has 0 saturated heterocycles. The fourth-order valence-electron chi connectivity index (χ4n) is 2.67. The molecule has 1 aliphatic heterocycles. The molecule has 132 valence electrons. The van der Waals surface area contributed by atoms with Crippen LogP contribution in [0.2, 0.25) is 10.0 Å². The highest BCUT2D eigenvalue weighted by Gasteiger charge is 2.25. The second-order valence-electron chi connectivity index (χ2n) is 5.52. The Bertz CT molecular complexity index is 821. The Morgan fingerprint density at radius 1 is 1.20 bits per heavy atom. The lowest BCUT2D eigenvalue weighted by molar-refractivity contribution is -0.138. The third-order valence-corrected chi connectivity index (χ3v) is 4.40. The van der Waals surface area contributed by atoms with Gasteiger partial charge in [0.2, 0.25) is 0 Å². The maximum atomic E-state index is 13.5. The summed E-state index contributed by atoms with van der Waals surface area (Å²) in [6.07, 6.45) is 0.0756. The van der Waals surface area contributed by atoms with Gasteiger partial charge < -0.3 is 20.3 Å². The maximum Gasteiger partial charge on any atom is 0.320 e. The molecule has 2 aromatic rings. The van der Waals surface area contributed by atoms with Crippen molar-refractivity contribution in [2.45, 2.75) is 12.5 Å². The normalized spacial score (nSPS) is 14.2. The van der Waals surface area contributed by atoms with Crippen molar-refractivity contribution >= 4 is 29.2 Å². The average Bonchev–Trinajstić information content (AvgIpc) is 2.55. The Morgan fingerprint density at radius 2 is 1.80 bits per heavy atom. The van der Waals surface area contributed by atoms with Crippen molar-refractivity contribution in [3.63, 3.8) is 0 Å². The second kappa shape index (κ2) is 7.07. The predicted molar refractivity (Wildman–Crippen MR) is 92.2 cm³/mol. The number of fused-ring (bicyclic) bond motifs is 1. The van der Waals surface area contributed by atoms with E-state index < -0.39 is 17.8 Å². The number of carbonyl (C=O) groups is 1. The van der Waals surface area contributed by atoms with Crippen molar-refractivity contribution in [3.05, 3.63) is 45.7 Å². The molecule has 0 unspecified atom stereocenters. The first-order valence-corrected chi connectivity index (χ1v) is 8.19. The summed E-state index contributed by atoms with van der Waals surface area (Å²) in [6, 6.07) is 4.61. The van der Waals surface area contributed by atoms with Crippen molar-refractivity contribution in [3.8, 4) is 22.6 Å². The molecule has 5 nitrogen and oxygen atoms in total. The van der Waals surface area contributed by atoms with Crippen LogP contribution in [0.15, 0.2) is 24.3 Å². The summed E-state index contributed by atoms with van der Waals surface area (Å²) in [6.45, 7) is 0.627. The summed E-state index contributed by atoms with van der Waals surface area (Å²) >= 11 is 12.3. The number of halogens is 3. The maximum absolute atomic E-state index is 13.5. The van der Waals surface area contributed by atoms with Gasteiger partial charge in [0, 0.05) is 23.1 Å². The Hall–Kier alpha value is -2.02. The van der Waals surface area contributed by atoms with Crippen LogP contribution in [0.3, 0.4) is 0 Å². The first-order valence-electron chi connectivity index (χ1n) is 7.43. The number of hydrogen-bond acceptors (Lipinski definition) is 4. The van der Waals surface area contributed by atoms with E-state index in [1.807, 2.05) is 0 Å². The lowest BCUT2D eigenvalue weighted by Gasteiger charge is -2.25. The first kappa shape index (κ1) is 17.8. The summed E-state index contributed by atoms with van der Waals surface area (Å²) < 4.78 is 24.8. The number of carboxylic acid groups (broad SMARTS) is 1. The fourth-order valence-corrected chi connectivity index (χ4v) is 3.34. The minimum atomic E-state index is -1.11. The predicted octanol–water partition coefficient (Wildman–Crippen LogP) is 3.53. The lowest BCUT2D eigenvalue weighted by Crippen LogP contribution is -2.32. The van der Waals surface area contributed by atoms with Crippen LogP contribution in [-0.2, 0) is 11.2 Å². The van der Waals surface area contributed by atoms with Gasteiger partial charge >= 0.3 is 5.97 Å². The van der Waals surface area contributed by atoms with Crippen molar-refractivity contribution in [1.82, 2.24) is 0 Å². The van der Waals surface area contributed by atoms with Gasteiger partial charge in [0.25, 0.3) is 0 Å². The van der Waals surface area contributed by atoms with E-state index >= 15 is 0 Å². The van der Waals surface area contributed by atoms with Gasteiger partial charge in [0.05, 0.1) is 10.0 Å². The quantitative estimate of drug-likeness (QED) is 0.840. The van der Waals surface area contributed by atoms with Gasteiger partial charge in [-0.25, -0.2) is 4.39 Å². The summed E-state index contributed by atoms with van der Waals surface area (Å²) in [5.74, 6) is -0.873. The van der Waals surface area contributed by atoms with Gasteiger partial charge in [-0.3, -0.25) is 4.79 Å². The molecule has 3 N–H and O–H groups in total. The van der Waals surface area contributed by atoms with Crippen molar-refractivity contribution in [2.75, 3.05) is 13.2 Å². The minimum Gasteiger partial charge on any atom is -0.486 e. The number of carboxylic acids is 1. The molecule has 1 heterocycles. The van der Waals surface area contributed by atoms with Gasteiger partial charge in [0.15, 0.2) is 11.5 Å². The summed E-state index contributed by atoms with van der Waals surface area (Å²) in [5, 5.41) is 9.28. The molecule has 0 aliphatic carbocycles. The van der Waals surface area contributed by atoms with E-state index in [0.29, 0.717) is 41.4 Å². The zero-order chi connectivity index (χ0) is 18.1. The number of hydrogen-bond donors (Lipinski definition) is 2. The number of nitrogens with two attached hydrogens (primary N) is 1. The molecule has 0 saturated carbocycles. The van der Waals surface area contributed by atoms with Crippen molar-refractivity contribution in [1.29, 1.82) is 0 Å². The summed E-state index contributed by atoms with van der Waals surface area (Å²) in [7, 11) is 0. The van der Waals surface area contributed by atoms with E-state index in [9.17, 15) is 9.18 Å². The van der Waals surface area contributed by atoms with Crippen LogP contribution >= 0.6 is 23.2 Å². The largest absolute Gasteiger partial charge is 0.486 e. The van der Waals surface area contributed by atoms with E-state index in [1.54, 1.807) is 12.1 Å². The van der Waals surface area contributed by atoms with E-state index in [-0.39, 0.29) is 16.5 Å². The van der Waals surface area contributed by atoms with E-state index in [0.717, 1.165) is 12.1 Å². The molecule has 0 spiro atoms. The van der Waals surface area contributed by atoms with Crippen molar-refractivity contribution in [2.24, 2.45) is 5.73 Å². The van der Waals surface area contributed by atoms with Gasteiger partial charge in [-0.15, -0.1) is 0 Å². The highest BCUT2D eigenvalue weighted by Crippen LogP contribution is 2.47. The van der Waals surface area contributed by atoms with Crippen LogP contribution in [0.1, 0.15) is 5.56 Å². The third kappa shape index (κ3) is 3.51. The van der Waals surface area contributed by atoms with Crippen LogP contribution < -0.4 is 15.2 Å². The Balaban J connectivity index is 2.13. The molecule has 25 heavy (non-hydrogen) atoms. The van der Waals surface area contributed by atoms with Crippen LogP contribution in [0.25, 0.3) is 11.1 Å². The topological polar surface area (TPSA) is 81.8 Å². The Kier molecular flexibility index (Phi) is 5.03. The molecule has 1 aliphatic rings. The fraction of sp³-hybridized carbons (Fsp3) is 0.235. The van der Waals surface area contributed by atoms with Crippen LogP contribution in [0.4, 0.5) is 4.39 Å². The van der Waals surface area contributed by atoms with Gasteiger partial charge in [-0.2, -0.15) is 0 Å². The van der Waals surface area contributed by atoms with Crippen LogP contribution in [-0.4, -0.2) is 30.3 Å². The molecule has 0 radical (unpaired) electrons. The van der Waals surface area contributed by atoms with Gasteiger partial charge in [-0.1, -0.05) is 29.3 Å². The standard InChI is InChI=1S/C17H14Cl2FNO4/c18-11-6-9(20)7-12(19)14(11)10-2-1-8(5-13(21)17(22)23)15-16(10)25-4-3-24-15/h1-2,6-7,13H,3-5,21H2,(H,22,23)/t13-/m0/s1. The smallest absolute Gasteiger partial charge is 0.320 e. The molecule has 0 aromatic heterocycles. The molecule has 8 heteroatoms. The minimum absolute atomic E-state index is 0.0756. The molecular weight excluding hydrogens is 372 g/mol. The van der Waals surface area contributed by atoms with Crippen molar-refractivity contribution < 1.29 is 23.8 Å². The Labute approximate surface area is 153 Å². The van der Waals surface area contributed by atoms with Gasteiger partial charge in [-0.05, 0) is 18.2 Å². The Morgan fingerprint density at radius 3 is 2.40 bits per heavy atom. The second-order valence-corrected chi connectivity index (χ2v) is 6.34. The number of benzene rings is 2. The van der Waals surface area contributed by atoms with E-state index in [4.69, 9.17) is 43.5 Å². The number of ether oxygens (including phenoxy) is 2. The highest BCUT2D eigenvalue weighted by atomic mass is 35.5. The molecule has 0 bridgehead atoms.